The Labute approximate surface area is 227 Å². The smallest absolute Gasteiger partial charge is 0.408 e. The van der Waals surface area contributed by atoms with Gasteiger partial charge in [-0.15, -0.1) is 11.8 Å². The van der Waals surface area contributed by atoms with E-state index in [1.165, 1.54) is 7.11 Å². The minimum Gasteiger partial charge on any atom is -0.493 e. The molecular weight excluding hydrogens is 504 g/mol. The summed E-state index contributed by atoms with van der Waals surface area (Å²) in [6.45, 7) is 5.56. The molecule has 2 aromatic rings. The zero-order valence-corrected chi connectivity index (χ0v) is 23.3. The fourth-order valence-corrected chi connectivity index (χ4v) is 5.22. The highest BCUT2D eigenvalue weighted by Crippen LogP contribution is 2.42. The van der Waals surface area contributed by atoms with E-state index in [9.17, 15) is 14.4 Å². The summed E-state index contributed by atoms with van der Waals surface area (Å²) in [6, 6.07) is 13.6. The molecule has 202 valence electrons. The predicted octanol–water partition coefficient (Wildman–Crippen LogP) is 5.15. The molecule has 2 aliphatic heterocycles. The molecule has 1 atom stereocenters. The fraction of sp³-hybridized carbons (Fsp3) is 0.414. The number of fused-ring (bicyclic) bond motifs is 1. The molecule has 9 heteroatoms. The number of ether oxygens (including phenoxy) is 3. The van der Waals surface area contributed by atoms with Gasteiger partial charge in [0.1, 0.15) is 12.1 Å². The zero-order valence-electron chi connectivity index (χ0n) is 22.5. The molecule has 0 saturated carbocycles. The van der Waals surface area contributed by atoms with E-state index in [4.69, 9.17) is 14.2 Å². The van der Waals surface area contributed by atoms with Crippen molar-refractivity contribution in [2.45, 2.75) is 56.6 Å². The largest absolute Gasteiger partial charge is 0.493 e. The van der Waals surface area contributed by atoms with E-state index in [-0.39, 0.29) is 24.2 Å². The predicted molar refractivity (Wildman–Crippen MR) is 147 cm³/mol. The SMILES string of the molecule is COc1ccc(C2=C(c3ccc(SC)cc3)CC3CCCN3C2=O)cc1OC(=O)CNC(=O)OC(C)(C)C. The summed E-state index contributed by atoms with van der Waals surface area (Å²) >= 11 is 1.67. The molecule has 2 heterocycles. The number of benzene rings is 2. The van der Waals surface area contributed by atoms with Crippen molar-refractivity contribution in [1.82, 2.24) is 10.2 Å². The van der Waals surface area contributed by atoms with Crippen LogP contribution >= 0.6 is 11.8 Å². The first-order valence-corrected chi connectivity index (χ1v) is 13.9. The molecule has 0 aliphatic carbocycles. The first kappa shape index (κ1) is 27.6. The molecule has 2 aliphatic rings. The van der Waals surface area contributed by atoms with Gasteiger partial charge in [0, 0.05) is 17.5 Å². The number of nitrogens with zero attached hydrogens (tertiary/aromatic N) is 1. The summed E-state index contributed by atoms with van der Waals surface area (Å²) in [7, 11) is 1.48. The lowest BCUT2D eigenvalue weighted by molar-refractivity contribution is -0.133. The number of rotatable bonds is 7. The van der Waals surface area contributed by atoms with Gasteiger partial charge in [0.05, 0.1) is 12.7 Å². The number of esters is 1. The number of hydrogen-bond donors (Lipinski definition) is 1. The molecule has 8 nitrogen and oxygen atoms in total. The Kier molecular flexibility index (Phi) is 8.35. The highest BCUT2D eigenvalue weighted by molar-refractivity contribution is 7.98. The summed E-state index contributed by atoms with van der Waals surface area (Å²) in [5, 5.41) is 2.40. The second kappa shape index (κ2) is 11.5. The lowest BCUT2D eigenvalue weighted by atomic mass is 9.85. The van der Waals surface area contributed by atoms with E-state index in [1.807, 2.05) is 17.2 Å². The number of alkyl carbamates (subject to hydrolysis) is 1. The third kappa shape index (κ3) is 6.32. The maximum absolute atomic E-state index is 13.8. The number of thioether (sulfide) groups is 1. The van der Waals surface area contributed by atoms with Crippen molar-refractivity contribution in [3.63, 3.8) is 0 Å². The van der Waals surface area contributed by atoms with Gasteiger partial charge >= 0.3 is 12.1 Å². The molecule has 1 saturated heterocycles. The van der Waals surface area contributed by atoms with Gasteiger partial charge in [0.15, 0.2) is 11.5 Å². The Morgan fingerprint density at radius 2 is 1.79 bits per heavy atom. The summed E-state index contributed by atoms with van der Waals surface area (Å²) in [5.74, 6) is -0.200. The lowest BCUT2D eigenvalue weighted by Crippen LogP contribution is -2.40. The van der Waals surface area contributed by atoms with Crippen LogP contribution in [-0.4, -0.2) is 61.0 Å². The molecule has 2 amide bonds. The highest BCUT2D eigenvalue weighted by atomic mass is 32.2. The maximum atomic E-state index is 13.8. The second-order valence-electron chi connectivity index (χ2n) is 10.3. The Balaban J connectivity index is 1.65. The summed E-state index contributed by atoms with van der Waals surface area (Å²) in [4.78, 5) is 41.3. The summed E-state index contributed by atoms with van der Waals surface area (Å²) in [5.41, 5.74) is 2.56. The standard InChI is InChI=1S/C29H34N2O6S/c1-29(2,3)37-28(34)30-17-25(32)36-24-15-19(10-13-23(24)35-4)26-22(18-8-11-21(38-5)12-9-18)16-20-7-6-14-31(20)27(26)33/h8-13,15,20H,6-7,14,16-17H2,1-5H3,(H,30,34). The third-order valence-corrected chi connectivity index (χ3v) is 7.23. The summed E-state index contributed by atoms with van der Waals surface area (Å²) < 4.78 is 16.1. The molecule has 38 heavy (non-hydrogen) atoms. The molecular formula is C29H34N2O6S. The Bertz CT molecular complexity index is 1250. The highest BCUT2D eigenvalue weighted by Gasteiger charge is 2.38. The second-order valence-corrected chi connectivity index (χ2v) is 11.2. The zero-order chi connectivity index (χ0) is 27.4. The lowest BCUT2D eigenvalue weighted by Gasteiger charge is -2.33. The third-order valence-electron chi connectivity index (χ3n) is 6.48. The van der Waals surface area contributed by atoms with Crippen molar-refractivity contribution < 1.29 is 28.6 Å². The molecule has 1 N–H and O–H groups in total. The van der Waals surface area contributed by atoms with Crippen LogP contribution in [0.25, 0.3) is 11.1 Å². The monoisotopic (exact) mass is 538 g/mol. The van der Waals surface area contributed by atoms with E-state index in [0.717, 1.165) is 41.8 Å². The van der Waals surface area contributed by atoms with E-state index < -0.39 is 17.7 Å². The quantitative estimate of drug-likeness (QED) is 0.296. The molecule has 4 rings (SSSR count). The molecule has 1 fully saturated rings. The number of nitrogens with one attached hydrogen (secondary N) is 1. The van der Waals surface area contributed by atoms with Crippen LogP contribution in [0.5, 0.6) is 11.5 Å². The van der Waals surface area contributed by atoms with Gasteiger partial charge in [-0.05, 0) is 87.3 Å². The maximum Gasteiger partial charge on any atom is 0.408 e. The van der Waals surface area contributed by atoms with Crippen LogP contribution in [0.1, 0.15) is 51.2 Å². The number of carbonyl (C=O) groups excluding carboxylic acids is 3. The first-order valence-electron chi connectivity index (χ1n) is 12.6. The van der Waals surface area contributed by atoms with Crippen LogP contribution in [-0.2, 0) is 14.3 Å². The van der Waals surface area contributed by atoms with Crippen LogP contribution in [0.3, 0.4) is 0 Å². The number of methoxy groups -OCH3 is 1. The van der Waals surface area contributed by atoms with Crippen molar-refractivity contribution in [3.8, 4) is 11.5 Å². The van der Waals surface area contributed by atoms with Crippen LogP contribution < -0.4 is 14.8 Å². The summed E-state index contributed by atoms with van der Waals surface area (Å²) in [6.07, 6.45) is 4.05. The minimum atomic E-state index is -0.717. The topological polar surface area (TPSA) is 94.2 Å². The number of carbonyl (C=O) groups is 3. The average Bonchev–Trinajstić information content (AvgIpc) is 3.36. The van der Waals surface area contributed by atoms with Gasteiger partial charge in [-0.3, -0.25) is 4.79 Å². The van der Waals surface area contributed by atoms with Crippen LogP contribution in [0.15, 0.2) is 47.4 Å². The molecule has 1 unspecified atom stereocenters. The van der Waals surface area contributed by atoms with Crippen LogP contribution in [0.4, 0.5) is 4.79 Å². The molecule has 2 aromatic carbocycles. The van der Waals surface area contributed by atoms with Gasteiger partial charge in [-0.2, -0.15) is 0 Å². The van der Waals surface area contributed by atoms with E-state index in [0.29, 0.717) is 16.9 Å². The molecule has 0 bridgehead atoms. The normalized spacial score (nSPS) is 17.2. The van der Waals surface area contributed by atoms with Crippen LogP contribution in [0, 0.1) is 0 Å². The van der Waals surface area contributed by atoms with Crippen molar-refractivity contribution >= 4 is 40.9 Å². The average molecular weight is 539 g/mol. The van der Waals surface area contributed by atoms with Gasteiger partial charge in [-0.1, -0.05) is 18.2 Å². The van der Waals surface area contributed by atoms with Crippen molar-refractivity contribution in [2.24, 2.45) is 0 Å². The van der Waals surface area contributed by atoms with Crippen molar-refractivity contribution in [2.75, 3.05) is 26.5 Å². The molecule has 0 radical (unpaired) electrons. The Hall–Kier alpha value is -3.46. The Morgan fingerprint density at radius 3 is 2.45 bits per heavy atom. The first-order chi connectivity index (χ1) is 18.1. The van der Waals surface area contributed by atoms with E-state index in [1.54, 1.807) is 44.7 Å². The van der Waals surface area contributed by atoms with Crippen molar-refractivity contribution in [3.05, 3.63) is 53.6 Å². The van der Waals surface area contributed by atoms with Gasteiger partial charge < -0.3 is 24.4 Å². The fourth-order valence-electron chi connectivity index (χ4n) is 4.81. The minimum absolute atomic E-state index is 0.0169. The molecule has 0 aromatic heterocycles. The van der Waals surface area contributed by atoms with Crippen molar-refractivity contribution in [1.29, 1.82) is 0 Å². The van der Waals surface area contributed by atoms with E-state index >= 15 is 0 Å². The van der Waals surface area contributed by atoms with Gasteiger partial charge in [0.2, 0.25) is 0 Å². The Morgan fingerprint density at radius 1 is 1.08 bits per heavy atom. The molecule has 0 spiro atoms. The number of amides is 2. The van der Waals surface area contributed by atoms with Gasteiger partial charge in [-0.25, -0.2) is 9.59 Å². The van der Waals surface area contributed by atoms with E-state index in [2.05, 4.69) is 29.6 Å². The van der Waals surface area contributed by atoms with Gasteiger partial charge in [0.25, 0.3) is 5.91 Å². The van der Waals surface area contributed by atoms with Crippen LogP contribution in [0.2, 0.25) is 0 Å². The number of hydrogen-bond acceptors (Lipinski definition) is 7.